The first-order chi connectivity index (χ1) is 9.16. The second kappa shape index (κ2) is 4.84. The Balaban J connectivity index is 2.34. The van der Waals surface area contributed by atoms with Gasteiger partial charge in [0.1, 0.15) is 0 Å². The number of hydrogen-bond donors (Lipinski definition) is 0. The molecule has 0 bridgehead atoms. The molecular formula is C16H11Cl2N. The summed E-state index contributed by atoms with van der Waals surface area (Å²) < 4.78 is 0. The van der Waals surface area contributed by atoms with E-state index in [2.05, 4.69) is 0 Å². The third-order valence-electron chi connectivity index (χ3n) is 3.16. The maximum absolute atomic E-state index is 6.45. The van der Waals surface area contributed by atoms with Crippen LogP contribution in [0.25, 0.3) is 22.2 Å². The van der Waals surface area contributed by atoms with Crippen LogP contribution in [0.5, 0.6) is 0 Å². The summed E-state index contributed by atoms with van der Waals surface area (Å²) in [5.74, 6) is 0. The molecule has 3 heteroatoms. The third-order valence-corrected chi connectivity index (χ3v) is 3.88. The van der Waals surface area contributed by atoms with Crippen LogP contribution in [0, 0.1) is 6.92 Å². The molecular weight excluding hydrogens is 277 g/mol. The maximum atomic E-state index is 6.45. The predicted molar refractivity (Wildman–Crippen MR) is 81.9 cm³/mol. The number of fused-ring (bicyclic) bond motifs is 1. The van der Waals surface area contributed by atoms with Crippen LogP contribution in [0.3, 0.4) is 0 Å². The normalized spacial score (nSPS) is 10.9. The highest BCUT2D eigenvalue weighted by molar-refractivity contribution is 6.37. The zero-order valence-corrected chi connectivity index (χ0v) is 11.8. The molecule has 0 N–H and O–H groups in total. The summed E-state index contributed by atoms with van der Waals surface area (Å²) in [6, 6.07) is 15.6. The van der Waals surface area contributed by atoms with Crippen molar-refractivity contribution in [3.05, 3.63) is 64.1 Å². The summed E-state index contributed by atoms with van der Waals surface area (Å²) in [5, 5.41) is 2.28. The van der Waals surface area contributed by atoms with Crippen LogP contribution < -0.4 is 0 Å². The lowest BCUT2D eigenvalue weighted by molar-refractivity contribution is 1.33. The van der Waals surface area contributed by atoms with Crippen molar-refractivity contribution in [3.63, 3.8) is 0 Å². The lowest BCUT2D eigenvalue weighted by Gasteiger charge is -2.10. The Morgan fingerprint density at radius 1 is 0.947 bits per heavy atom. The predicted octanol–water partition coefficient (Wildman–Crippen LogP) is 5.52. The molecule has 3 rings (SSSR count). The zero-order valence-electron chi connectivity index (χ0n) is 10.3. The first kappa shape index (κ1) is 12.5. The van der Waals surface area contributed by atoms with Crippen molar-refractivity contribution in [2.45, 2.75) is 6.92 Å². The van der Waals surface area contributed by atoms with Gasteiger partial charge in [-0.15, -0.1) is 0 Å². The van der Waals surface area contributed by atoms with E-state index in [0.717, 1.165) is 27.7 Å². The van der Waals surface area contributed by atoms with Crippen molar-refractivity contribution in [2.75, 3.05) is 0 Å². The molecule has 0 fully saturated rings. The molecule has 0 radical (unpaired) electrons. The molecule has 0 amide bonds. The molecule has 0 spiro atoms. The average Bonchev–Trinajstić information content (AvgIpc) is 2.44. The van der Waals surface area contributed by atoms with Gasteiger partial charge in [-0.3, -0.25) is 0 Å². The number of nitrogens with zero attached hydrogens (tertiary/aromatic N) is 1. The first-order valence-electron chi connectivity index (χ1n) is 5.97. The second-order valence-corrected chi connectivity index (χ2v) is 5.24. The third kappa shape index (κ3) is 2.20. The van der Waals surface area contributed by atoms with Gasteiger partial charge in [0.15, 0.2) is 0 Å². The van der Waals surface area contributed by atoms with Crippen LogP contribution >= 0.6 is 23.2 Å². The smallest absolute Gasteiger partial charge is 0.0753 e. The van der Waals surface area contributed by atoms with Gasteiger partial charge in [-0.25, -0.2) is 4.98 Å². The fourth-order valence-electron chi connectivity index (χ4n) is 2.17. The monoisotopic (exact) mass is 287 g/mol. The Kier molecular flexibility index (Phi) is 3.17. The van der Waals surface area contributed by atoms with E-state index >= 15 is 0 Å². The molecule has 0 atom stereocenters. The SMILES string of the molecule is Cc1c(-c2ccccc2)nc2ccc(Cl)cc2c1Cl. The summed E-state index contributed by atoms with van der Waals surface area (Å²) in [4.78, 5) is 4.70. The molecule has 0 aliphatic heterocycles. The van der Waals surface area contributed by atoms with E-state index in [1.807, 2.05) is 55.5 Å². The molecule has 0 saturated heterocycles. The molecule has 2 aromatic carbocycles. The lowest BCUT2D eigenvalue weighted by Crippen LogP contribution is -1.92. The highest BCUT2D eigenvalue weighted by Crippen LogP contribution is 2.33. The average molecular weight is 288 g/mol. The van der Waals surface area contributed by atoms with Crippen molar-refractivity contribution in [1.29, 1.82) is 0 Å². The molecule has 0 aliphatic carbocycles. The van der Waals surface area contributed by atoms with Crippen LogP contribution in [0.4, 0.5) is 0 Å². The molecule has 0 saturated carbocycles. The lowest BCUT2D eigenvalue weighted by atomic mass is 10.0. The van der Waals surface area contributed by atoms with E-state index in [4.69, 9.17) is 28.2 Å². The zero-order chi connectivity index (χ0) is 13.4. The van der Waals surface area contributed by atoms with Crippen molar-refractivity contribution in [2.24, 2.45) is 0 Å². The van der Waals surface area contributed by atoms with E-state index in [1.165, 1.54) is 0 Å². The molecule has 3 aromatic rings. The van der Waals surface area contributed by atoms with Gasteiger partial charge in [0, 0.05) is 16.0 Å². The Hall–Kier alpha value is -1.57. The van der Waals surface area contributed by atoms with E-state index in [9.17, 15) is 0 Å². The highest BCUT2D eigenvalue weighted by atomic mass is 35.5. The largest absolute Gasteiger partial charge is 0.247 e. The number of benzene rings is 2. The van der Waals surface area contributed by atoms with E-state index in [-0.39, 0.29) is 0 Å². The molecule has 1 heterocycles. The van der Waals surface area contributed by atoms with Gasteiger partial charge in [-0.1, -0.05) is 53.5 Å². The number of aromatic nitrogens is 1. The summed E-state index contributed by atoms with van der Waals surface area (Å²) in [6.07, 6.45) is 0. The molecule has 94 valence electrons. The van der Waals surface area contributed by atoms with Crippen LogP contribution in [0.2, 0.25) is 10.0 Å². The minimum absolute atomic E-state index is 0.670. The molecule has 1 aromatic heterocycles. The summed E-state index contributed by atoms with van der Waals surface area (Å²) >= 11 is 12.5. The number of rotatable bonds is 1. The fraction of sp³-hybridized carbons (Fsp3) is 0.0625. The molecule has 19 heavy (non-hydrogen) atoms. The quantitative estimate of drug-likeness (QED) is 0.574. The molecule has 0 unspecified atom stereocenters. The number of pyridine rings is 1. The van der Waals surface area contributed by atoms with Crippen LogP contribution in [0.15, 0.2) is 48.5 Å². The second-order valence-electron chi connectivity index (χ2n) is 4.43. The van der Waals surface area contributed by atoms with Crippen LogP contribution in [0.1, 0.15) is 5.56 Å². The van der Waals surface area contributed by atoms with E-state index < -0.39 is 0 Å². The Bertz CT molecular complexity index is 752. The van der Waals surface area contributed by atoms with Gasteiger partial charge in [0.25, 0.3) is 0 Å². The van der Waals surface area contributed by atoms with Crippen molar-refractivity contribution in [3.8, 4) is 11.3 Å². The Morgan fingerprint density at radius 3 is 2.42 bits per heavy atom. The molecule has 1 nitrogen and oxygen atoms in total. The standard InChI is InChI=1S/C16H11Cl2N/c1-10-15(18)13-9-12(17)7-8-14(13)19-16(10)11-5-3-2-4-6-11/h2-9H,1H3. The summed E-state index contributed by atoms with van der Waals surface area (Å²) in [7, 11) is 0. The molecule has 0 aliphatic rings. The van der Waals surface area contributed by atoms with E-state index in [1.54, 1.807) is 0 Å². The van der Waals surface area contributed by atoms with Gasteiger partial charge in [-0.2, -0.15) is 0 Å². The van der Waals surface area contributed by atoms with Gasteiger partial charge in [0.05, 0.1) is 16.2 Å². The summed E-state index contributed by atoms with van der Waals surface area (Å²) in [6.45, 7) is 1.98. The van der Waals surface area contributed by atoms with Gasteiger partial charge < -0.3 is 0 Å². The highest BCUT2D eigenvalue weighted by Gasteiger charge is 2.11. The topological polar surface area (TPSA) is 12.9 Å². The van der Waals surface area contributed by atoms with Crippen molar-refractivity contribution in [1.82, 2.24) is 4.98 Å². The fourth-order valence-corrected chi connectivity index (χ4v) is 2.58. The Labute approximate surface area is 121 Å². The van der Waals surface area contributed by atoms with Crippen LogP contribution in [-0.2, 0) is 0 Å². The van der Waals surface area contributed by atoms with Gasteiger partial charge >= 0.3 is 0 Å². The minimum atomic E-state index is 0.670. The van der Waals surface area contributed by atoms with E-state index in [0.29, 0.717) is 10.0 Å². The van der Waals surface area contributed by atoms with Crippen molar-refractivity contribution < 1.29 is 0 Å². The van der Waals surface area contributed by atoms with Gasteiger partial charge in [-0.05, 0) is 30.7 Å². The number of hydrogen-bond acceptors (Lipinski definition) is 1. The minimum Gasteiger partial charge on any atom is -0.247 e. The van der Waals surface area contributed by atoms with Crippen molar-refractivity contribution >= 4 is 34.1 Å². The van der Waals surface area contributed by atoms with Gasteiger partial charge in [0.2, 0.25) is 0 Å². The summed E-state index contributed by atoms with van der Waals surface area (Å²) in [5.41, 5.74) is 3.82. The first-order valence-corrected chi connectivity index (χ1v) is 6.73. The number of halogens is 2. The van der Waals surface area contributed by atoms with Crippen LogP contribution in [-0.4, -0.2) is 4.98 Å². The Morgan fingerprint density at radius 2 is 1.68 bits per heavy atom. The maximum Gasteiger partial charge on any atom is 0.0753 e.